The number of carbonyl (C=O) groups excluding carboxylic acids is 1. The highest BCUT2D eigenvalue weighted by atomic mass is 32.1. The molecule has 3 N–H and O–H groups in total. The van der Waals surface area contributed by atoms with Gasteiger partial charge in [-0.2, -0.15) is 0 Å². The Morgan fingerprint density at radius 3 is 2.64 bits per heavy atom. The van der Waals surface area contributed by atoms with Gasteiger partial charge in [-0.1, -0.05) is 12.1 Å². The zero-order chi connectivity index (χ0) is 17.6. The number of hydrazine groups is 1. The topological polar surface area (TPSA) is 66.0 Å². The molecule has 128 valence electrons. The largest absolute Gasteiger partial charge is 0.331 e. The fourth-order valence-corrected chi connectivity index (χ4v) is 3.27. The molecule has 0 atom stereocenters. The number of aryl methyl sites for hydroxylation is 1. The maximum Gasteiger partial charge on any atom is 0.238 e. The molecule has 0 aliphatic rings. The van der Waals surface area contributed by atoms with Crippen molar-refractivity contribution in [2.24, 2.45) is 0 Å². The van der Waals surface area contributed by atoms with Gasteiger partial charge in [-0.05, 0) is 48.6 Å². The molecule has 25 heavy (non-hydrogen) atoms. The van der Waals surface area contributed by atoms with Crippen molar-refractivity contribution in [1.29, 1.82) is 0 Å². The van der Waals surface area contributed by atoms with Crippen LogP contribution in [0.4, 0.5) is 10.1 Å². The molecule has 3 rings (SSSR count). The quantitative estimate of drug-likeness (QED) is 0.483. The number of halogens is 1. The van der Waals surface area contributed by atoms with E-state index in [1.807, 2.05) is 24.3 Å². The van der Waals surface area contributed by atoms with Crippen LogP contribution >= 0.6 is 23.6 Å². The lowest BCUT2D eigenvalue weighted by atomic mass is 10.3. The molecule has 0 aliphatic carbocycles. The number of aromatic nitrogens is 1. The summed E-state index contributed by atoms with van der Waals surface area (Å²) >= 11 is 6.65. The number of nitrogens with one attached hydrogen (secondary N) is 3. The molecule has 0 bridgehead atoms. The van der Waals surface area contributed by atoms with Gasteiger partial charge in [0.25, 0.3) is 0 Å². The molecule has 1 aromatic heterocycles. The zero-order valence-electron chi connectivity index (χ0n) is 13.1. The number of hydrogen-bond acceptors (Lipinski definition) is 4. The Morgan fingerprint density at radius 2 is 1.88 bits per heavy atom. The molecule has 2 aromatic carbocycles. The molecule has 0 radical (unpaired) electrons. The van der Waals surface area contributed by atoms with E-state index in [2.05, 4.69) is 21.2 Å². The Labute approximate surface area is 153 Å². The molecule has 0 aliphatic heterocycles. The van der Waals surface area contributed by atoms with E-state index >= 15 is 0 Å². The standard InChI is InChI=1S/C17H15FN4OS2/c18-11-5-7-12(8-6-11)19-17(24)22-21-15(23)9-10-16-20-13-3-1-2-4-14(13)25-16/h1-8H,9-10H2,(H,21,23)(H2,19,22,24). The van der Waals surface area contributed by atoms with Gasteiger partial charge in [-0.3, -0.25) is 15.6 Å². The van der Waals surface area contributed by atoms with Crippen molar-refractivity contribution in [1.82, 2.24) is 15.8 Å². The Morgan fingerprint density at radius 1 is 1.12 bits per heavy atom. The number of carbonyl (C=O) groups is 1. The highest BCUT2D eigenvalue weighted by Gasteiger charge is 2.07. The van der Waals surface area contributed by atoms with Crippen LogP contribution in [0, 0.1) is 5.82 Å². The summed E-state index contributed by atoms with van der Waals surface area (Å²) in [6, 6.07) is 13.6. The number of amides is 1. The average Bonchev–Trinajstić information content (AvgIpc) is 3.03. The second-order valence-electron chi connectivity index (χ2n) is 5.21. The maximum atomic E-state index is 12.8. The van der Waals surface area contributed by atoms with Gasteiger partial charge in [0, 0.05) is 18.5 Å². The molecular formula is C17H15FN4OS2. The van der Waals surface area contributed by atoms with Crippen LogP contribution in [0.5, 0.6) is 0 Å². The Bertz CT molecular complexity index is 862. The summed E-state index contributed by atoms with van der Waals surface area (Å²) in [6.07, 6.45) is 0.858. The number of hydrogen-bond donors (Lipinski definition) is 3. The van der Waals surface area contributed by atoms with Gasteiger partial charge in [0.1, 0.15) is 5.82 Å². The number of thiocarbonyl (C=S) groups is 1. The summed E-state index contributed by atoms with van der Waals surface area (Å²) in [5.74, 6) is -0.518. The number of para-hydroxylation sites is 1. The van der Waals surface area contributed by atoms with Gasteiger partial charge in [-0.15, -0.1) is 11.3 Å². The van der Waals surface area contributed by atoms with Crippen LogP contribution in [0.25, 0.3) is 10.2 Å². The molecular weight excluding hydrogens is 359 g/mol. The molecule has 0 saturated carbocycles. The minimum Gasteiger partial charge on any atom is -0.331 e. The van der Waals surface area contributed by atoms with Gasteiger partial charge in [0.2, 0.25) is 5.91 Å². The van der Waals surface area contributed by atoms with Crippen LogP contribution in [-0.4, -0.2) is 16.0 Å². The van der Waals surface area contributed by atoms with E-state index in [0.717, 1.165) is 15.2 Å². The van der Waals surface area contributed by atoms with Crippen molar-refractivity contribution in [3.63, 3.8) is 0 Å². The molecule has 3 aromatic rings. The average molecular weight is 374 g/mol. The molecule has 0 fully saturated rings. The van der Waals surface area contributed by atoms with Crippen LogP contribution in [-0.2, 0) is 11.2 Å². The summed E-state index contributed by atoms with van der Waals surface area (Å²) in [4.78, 5) is 16.4. The molecule has 8 heteroatoms. The summed E-state index contributed by atoms with van der Waals surface area (Å²) < 4.78 is 13.9. The van der Waals surface area contributed by atoms with Crippen molar-refractivity contribution in [2.75, 3.05) is 5.32 Å². The first-order valence-electron chi connectivity index (χ1n) is 7.56. The third-order valence-electron chi connectivity index (χ3n) is 3.32. The Balaban J connectivity index is 1.43. The minimum atomic E-state index is -0.326. The predicted octanol–water partition coefficient (Wildman–Crippen LogP) is 3.39. The first-order valence-corrected chi connectivity index (χ1v) is 8.78. The van der Waals surface area contributed by atoms with Crippen molar-refractivity contribution < 1.29 is 9.18 Å². The fourth-order valence-electron chi connectivity index (χ4n) is 2.13. The molecule has 1 amide bonds. The van der Waals surface area contributed by atoms with E-state index in [4.69, 9.17) is 12.2 Å². The lowest BCUT2D eigenvalue weighted by Gasteiger charge is -2.11. The summed E-state index contributed by atoms with van der Waals surface area (Å²) in [5.41, 5.74) is 6.72. The van der Waals surface area contributed by atoms with Gasteiger partial charge in [0.15, 0.2) is 5.11 Å². The number of thiazole rings is 1. The second kappa shape index (κ2) is 8.00. The first-order chi connectivity index (χ1) is 12.1. The predicted molar refractivity (Wildman–Crippen MR) is 102 cm³/mol. The van der Waals surface area contributed by atoms with Crippen molar-refractivity contribution in [3.05, 3.63) is 59.4 Å². The number of rotatable bonds is 4. The molecule has 0 saturated heterocycles. The van der Waals surface area contributed by atoms with Crippen LogP contribution in [0.15, 0.2) is 48.5 Å². The van der Waals surface area contributed by atoms with Crippen molar-refractivity contribution in [3.8, 4) is 0 Å². The first kappa shape index (κ1) is 17.2. The van der Waals surface area contributed by atoms with Crippen LogP contribution in [0.1, 0.15) is 11.4 Å². The summed E-state index contributed by atoms with van der Waals surface area (Å²) in [6.45, 7) is 0. The van der Waals surface area contributed by atoms with Crippen molar-refractivity contribution in [2.45, 2.75) is 12.8 Å². The highest BCUT2D eigenvalue weighted by molar-refractivity contribution is 7.80. The zero-order valence-corrected chi connectivity index (χ0v) is 14.7. The SMILES string of the molecule is O=C(CCc1nc2ccccc2s1)NNC(=S)Nc1ccc(F)cc1. The third-order valence-corrected chi connectivity index (χ3v) is 4.62. The normalized spacial score (nSPS) is 10.4. The van der Waals surface area contributed by atoms with E-state index < -0.39 is 0 Å². The lowest BCUT2D eigenvalue weighted by Crippen LogP contribution is -2.43. The van der Waals surface area contributed by atoms with Crippen LogP contribution < -0.4 is 16.2 Å². The van der Waals surface area contributed by atoms with E-state index in [9.17, 15) is 9.18 Å². The Kier molecular flexibility index (Phi) is 5.52. The number of nitrogens with zero attached hydrogens (tertiary/aromatic N) is 1. The fraction of sp³-hybridized carbons (Fsp3) is 0.118. The molecule has 5 nitrogen and oxygen atoms in total. The van der Waals surface area contributed by atoms with E-state index in [-0.39, 0.29) is 16.8 Å². The number of benzene rings is 2. The van der Waals surface area contributed by atoms with Crippen LogP contribution in [0.2, 0.25) is 0 Å². The van der Waals surface area contributed by atoms with Crippen molar-refractivity contribution >= 4 is 50.5 Å². The second-order valence-corrected chi connectivity index (χ2v) is 6.73. The Hall–Kier alpha value is -2.58. The van der Waals surface area contributed by atoms with E-state index in [0.29, 0.717) is 18.5 Å². The summed E-state index contributed by atoms with van der Waals surface area (Å²) in [5, 5.41) is 3.99. The lowest BCUT2D eigenvalue weighted by molar-refractivity contribution is -0.121. The maximum absolute atomic E-state index is 12.8. The highest BCUT2D eigenvalue weighted by Crippen LogP contribution is 2.22. The number of fused-ring (bicyclic) bond motifs is 1. The van der Waals surface area contributed by atoms with Gasteiger partial charge >= 0.3 is 0 Å². The number of anilines is 1. The third kappa shape index (κ3) is 4.94. The van der Waals surface area contributed by atoms with Gasteiger partial charge in [0.05, 0.1) is 15.2 Å². The van der Waals surface area contributed by atoms with E-state index in [1.54, 1.807) is 23.5 Å². The smallest absolute Gasteiger partial charge is 0.238 e. The van der Waals surface area contributed by atoms with Gasteiger partial charge in [-0.25, -0.2) is 9.37 Å². The summed E-state index contributed by atoms with van der Waals surface area (Å²) in [7, 11) is 0. The monoisotopic (exact) mass is 374 g/mol. The molecule has 0 unspecified atom stereocenters. The van der Waals surface area contributed by atoms with Gasteiger partial charge < -0.3 is 5.32 Å². The van der Waals surface area contributed by atoms with Crippen LogP contribution in [0.3, 0.4) is 0 Å². The minimum absolute atomic E-state index is 0.192. The van der Waals surface area contributed by atoms with E-state index in [1.165, 1.54) is 12.1 Å². The molecule has 1 heterocycles. The molecule has 0 spiro atoms.